The van der Waals surface area contributed by atoms with Crippen LogP contribution in [0.15, 0.2) is 60.7 Å². The maximum absolute atomic E-state index is 12.8. The number of aromatic nitrogens is 1. The molecule has 1 amide bonds. The molecule has 1 aromatic heterocycles. The number of amides is 1. The molecule has 2 aromatic carbocycles. The minimum absolute atomic E-state index is 0.0251. The molecule has 0 aliphatic heterocycles. The lowest BCUT2D eigenvalue weighted by Crippen LogP contribution is -2.43. The first-order chi connectivity index (χ1) is 15.0. The van der Waals surface area contributed by atoms with Gasteiger partial charge in [-0.3, -0.25) is 4.79 Å². The summed E-state index contributed by atoms with van der Waals surface area (Å²) in [5.41, 5.74) is 7.58. The van der Waals surface area contributed by atoms with Crippen LogP contribution in [0, 0.1) is 0 Å². The third-order valence-corrected chi connectivity index (χ3v) is 4.85. The number of ether oxygens (including phenoxy) is 2. The van der Waals surface area contributed by atoms with Gasteiger partial charge < -0.3 is 25.1 Å². The van der Waals surface area contributed by atoms with E-state index in [0.29, 0.717) is 18.7 Å². The van der Waals surface area contributed by atoms with E-state index >= 15 is 0 Å². The van der Waals surface area contributed by atoms with E-state index < -0.39 is 24.1 Å². The highest BCUT2D eigenvalue weighted by molar-refractivity contribution is 6.00. The minimum Gasteiger partial charge on any atom is -0.429 e. The van der Waals surface area contributed by atoms with Crippen molar-refractivity contribution in [2.24, 2.45) is 12.8 Å². The number of rotatable bonds is 8. The highest BCUT2D eigenvalue weighted by atomic mass is 16.7. The SMILES string of the molecule is Cn1c(C(=O)N[C@@H](CCCN)C(=O)OC(=O)OCc2ccccc2)cc2ccccc21. The summed E-state index contributed by atoms with van der Waals surface area (Å²) in [6.45, 7) is 0.300. The molecule has 3 aromatic rings. The molecule has 0 unspecified atom stereocenters. The van der Waals surface area contributed by atoms with E-state index in [1.807, 2.05) is 30.3 Å². The number of para-hydroxylation sites is 1. The van der Waals surface area contributed by atoms with Crippen molar-refractivity contribution in [3.8, 4) is 0 Å². The number of fused-ring (bicyclic) bond motifs is 1. The van der Waals surface area contributed by atoms with Gasteiger partial charge >= 0.3 is 12.1 Å². The Morgan fingerprint density at radius 3 is 2.48 bits per heavy atom. The molecule has 8 heteroatoms. The molecule has 8 nitrogen and oxygen atoms in total. The quantitative estimate of drug-likeness (QED) is 0.426. The van der Waals surface area contributed by atoms with Crippen LogP contribution in [0.3, 0.4) is 0 Å². The van der Waals surface area contributed by atoms with Crippen molar-refractivity contribution >= 4 is 28.9 Å². The summed E-state index contributed by atoms with van der Waals surface area (Å²) >= 11 is 0. The van der Waals surface area contributed by atoms with E-state index in [1.54, 1.807) is 41.9 Å². The highest BCUT2D eigenvalue weighted by Crippen LogP contribution is 2.18. The predicted molar refractivity (Wildman–Crippen MR) is 115 cm³/mol. The fraction of sp³-hybridized carbons (Fsp3) is 0.261. The third kappa shape index (κ3) is 5.70. The van der Waals surface area contributed by atoms with E-state index in [2.05, 4.69) is 5.32 Å². The lowest BCUT2D eigenvalue weighted by molar-refractivity contribution is -0.142. The number of esters is 1. The average molecular weight is 423 g/mol. The van der Waals surface area contributed by atoms with Crippen molar-refractivity contribution in [2.75, 3.05) is 6.54 Å². The van der Waals surface area contributed by atoms with E-state index in [9.17, 15) is 14.4 Å². The Labute approximate surface area is 179 Å². The first-order valence-electron chi connectivity index (χ1n) is 9.97. The summed E-state index contributed by atoms with van der Waals surface area (Å²) in [6, 6.07) is 17.3. The molecule has 0 spiro atoms. The van der Waals surface area contributed by atoms with Crippen LogP contribution in [-0.2, 0) is 27.9 Å². The molecule has 0 bridgehead atoms. The molecule has 31 heavy (non-hydrogen) atoms. The van der Waals surface area contributed by atoms with Crippen LogP contribution in [0.25, 0.3) is 10.9 Å². The number of nitrogens with one attached hydrogen (secondary N) is 1. The fourth-order valence-corrected chi connectivity index (χ4v) is 3.21. The van der Waals surface area contributed by atoms with Gasteiger partial charge in [0.05, 0.1) is 0 Å². The van der Waals surface area contributed by atoms with Gasteiger partial charge in [0, 0.05) is 18.0 Å². The summed E-state index contributed by atoms with van der Waals surface area (Å²) in [5.74, 6) is -1.34. The normalized spacial score (nSPS) is 11.7. The van der Waals surface area contributed by atoms with Crippen molar-refractivity contribution in [3.05, 3.63) is 71.9 Å². The van der Waals surface area contributed by atoms with Gasteiger partial charge in [-0.25, -0.2) is 9.59 Å². The molecule has 0 aliphatic carbocycles. The first kappa shape index (κ1) is 22.0. The summed E-state index contributed by atoms with van der Waals surface area (Å²) in [4.78, 5) is 37.3. The summed E-state index contributed by atoms with van der Waals surface area (Å²) < 4.78 is 11.5. The van der Waals surface area contributed by atoms with Crippen LogP contribution in [0.2, 0.25) is 0 Å². The molecule has 0 aliphatic rings. The zero-order chi connectivity index (χ0) is 22.2. The standard InChI is InChI=1S/C23H25N3O5/c1-26-19-12-6-5-10-17(19)14-20(26)21(27)25-18(11-7-13-24)22(28)31-23(29)30-15-16-8-3-2-4-9-16/h2-6,8-10,12,14,18H,7,11,13,15,24H2,1H3,(H,25,27)/t18-/m0/s1. The van der Waals surface area contributed by atoms with Crippen LogP contribution >= 0.6 is 0 Å². The summed E-state index contributed by atoms with van der Waals surface area (Å²) in [5, 5.41) is 3.55. The monoisotopic (exact) mass is 423 g/mol. The van der Waals surface area contributed by atoms with E-state index in [1.165, 1.54) is 0 Å². The van der Waals surface area contributed by atoms with Gasteiger partial charge in [0.25, 0.3) is 5.91 Å². The van der Waals surface area contributed by atoms with E-state index in [4.69, 9.17) is 15.2 Å². The molecule has 3 N–H and O–H groups in total. The van der Waals surface area contributed by atoms with Gasteiger partial charge in [0.15, 0.2) is 0 Å². The number of nitrogens with two attached hydrogens (primary N) is 1. The van der Waals surface area contributed by atoms with E-state index in [0.717, 1.165) is 16.5 Å². The Bertz CT molecular complexity index is 1060. The summed E-state index contributed by atoms with van der Waals surface area (Å²) in [6.07, 6.45) is -0.420. The topological polar surface area (TPSA) is 113 Å². The van der Waals surface area contributed by atoms with Crippen LogP contribution in [0.5, 0.6) is 0 Å². The highest BCUT2D eigenvalue weighted by Gasteiger charge is 2.26. The van der Waals surface area contributed by atoms with Gasteiger partial charge in [-0.05, 0) is 37.1 Å². The summed E-state index contributed by atoms with van der Waals surface area (Å²) in [7, 11) is 1.77. The lowest BCUT2D eigenvalue weighted by Gasteiger charge is -2.17. The second-order valence-electron chi connectivity index (χ2n) is 7.05. The van der Waals surface area contributed by atoms with Crippen LogP contribution in [-0.4, -0.2) is 35.2 Å². The van der Waals surface area contributed by atoms with Gasteiger partial charge in [-0.15, -0.1) is 0 Å². The molecule has 0 radical (unpaired) electrons. The molecular weight excluding hydrogens is 398 g/mol. The number of benzene rings is 2. The Balaban J connectivity index is 1.64. The van der Waals surface area contributed by atoms with Crippen molar-refractivity contribution in [1.29, 1.82) is 0 Å². The zero-order valence-electron chi connectivity index (χ0n) is 17.2. The lowest BCUT2D eigenvalue weighted by atomic mass is 10.1. The molecule has 0 saturated heterocycles. The van der Waals surface area contributed by atoms with Crippen molar-refractivity contribution in [1.82, 2.24) is 9.88 Å². The van der Waals surface area contributed by atoms with Crippen LogP contribution in [0.4, 0.5) is 4.79 Å². The average Bonchev–Trinajstić information content (AvgIpc) is 3.12. The Morgan fingerprint density at radius 2 is 1.77 bits per heavy atom. The molecule has 3 rings (SSSR count). The third-order valence-electron chi connectivity index (χ3n) is 4.85. The van der Waals surface area contributed by atoms with Crippen molar-refractivity contribution < 1.29 is 23.9 Å². The second-order valence-corrected chi connectivity index (χ2v) is 7.05. The van der Waals surface area contributed by atoms with E-state index in [-0.39, 0.29) is 13.0 Å². The van der Waals surface area contributed by atoms with Gasteiger partial charge in [-0.2, -0.15) is 0 Å². The minimum atomic E-state index is -1.12. The number of carbonyl (C=O) groups is 3. The largest absolute Gasteiger partial charge is 0.516 e. The second kappa shape index (κ2) is 10.4. The van der Waals surface area contributed by atoms with Crippen LogP contribution in [0.1, 0.15) is 28.9 Å². The van der Waals surface area contributed by atoms with Gasteiger partial charge in [-0.1, -0.05) is 48.5 Å². The smallest absolute Gasteiger partial charge is 0.429 e. The van der Waals surface area contributed by atoms with Gasteiger partial charge in [0.1, 0.15) is 18.3 Å². The van der Waals surface area contributed by atoms with Crippen molar-refractivity contribution in [3.63, 3.8) is 0 Å². The number of aryl methyl sites for hydroxylation is 1. The maximum atomic E-state index is 12.8. The Morgan fingerprint density at radius 1 is 1.06 bits per heavy atom. The number of hydrogen-bond donors (Lipinski definition) is 2. The zero-order valence-corrected chi connectivity index (χ0v) is 17.2. The molecule has 162 valence electrons. The fourth-order valence-electron chi connectivity index (χ4n) is 3.21. The molecule has 0 fully saturated rings. The Kier molecular flexibility index (Phi) is 7.40. The molecule has 0 saturated carbocycles. The number of carbonyl (C=O) groups excluding carboxylic acids is 3. The van der Waals surface area contributed by atoms with Crippen molar-refractivity contribution in [2.45, 2.75) is 25.5 Å². The van der Waals surface area contributed by atoms with Gasteiger partial charge in [0.2, 0.25) is 0 Å². The number of nitrogens with zero attached hydrogens (tertiary/aromatic N) is 1. The maximum Gasteiger partial charge on any atom is 0.516 e. The van der Waals surface area contributed by atoms with Crippen LogP contribution < -0.4 is 11.1 Å². The first-order valence-corrected chi connectivity index (χ1v) is 9.97. The molecule has 1 atom stereocenters. The Hall–Kier alpha value is -3.65. The number of hydrogen-bond acceptors (Lipinski definition) is 6. The molecule has 1 heterocycles. The predicted octanol–water partition coefficient (Wildman–Crippen LogP) is 2.90. The molecular formula is C23H25N3O5.